The summed E-state index contributed by atoms with van der Waals surface area (Å²) in [6.45, 7) is 0. The van der Waals surface area contributed by atoms with E-state index in [1.807, 2.05) is 0 Å². The van der Waals surface area contributed by atoms with Gasteiger partial charge < -0.3 is 5.11 Å². The van der Waals surface area contributed by atoms with Gasteiger partial charge in [0.25, 0.3) is 0 Å². The number of allylic oxidation sites excluding steroid dienone is 2. The first-order valence-electron chi connectivity index (χ1n) is 7.32. The summed E-state index contributed by atoms with van der Waals surface area (Å²) in [4.78, 5) is 10.7. The molecule has 1 atom stereocenters. The van der Waals surface area contributed by atoms with Gasteiger partial charge in [0, 0.05) is 0 Å². The summed E-state index contributed by atoms with van der Waals surface area (Å²) < 4.78 is 0. The normalized spacial score (nSPS) is 17.1. The summed E-state index contributed by atoms with van der Waals surface area (Å²) in [6.07, 6.45) is 9.80. The minimum Gasteiger partial charge on any atom is -0.480 e. The molecule has 1 aliphatic rings. The second-order valence-electron chi connectivity index (χ2n) is 5.37. The van der Waals surface area contributed by atoms with Crippen molar-refractivity contribution >= 4 is 23.1 Å². The number of carboxylic acid groups (broad SMARTS) is 1. The van der Waals surface area contributed by atoms with Crippen molar-refractivity contribution in [1.29, 1.82) is 0 Å². The molecule has 0 aromatic heterocycles. The summed E-state index contributed by atoms with van der Waals surface area (Å²) >= 11 is 5.73. The Morgan fingerprint density at radius 3 is 2.65 bits per heavy atom. The van der Waals surface area contributed by atoms with Gasteiger partial charge in [0.1, 0.15) is 5.38 Å². The summed E-state index contributed by atoms with van der Waals surface area (Å²) in [7, 11) is 0. The molecule has 0 saturated heterocycles. The lowest BCUT2D eigenvalue weighted by molar-refractivity contribution is -0.136. The van der Waals surface area contributed by atoms with Gasteiger partial charge >= 0.3 is 5.97 Å². The van der Waals surface area contributed by atoms with Gasteiger partial charge in [-0.1, -0.05) is 36.8 Å². The minimum atomic E-state index is -0.938. The number of carboxylic acids is 1. The van der Waals surface area contributed by atoms with Crippen LogP contribution in [0.15, 0.2) is 30.3 Å². The lowest BCUT2D eigenvalue weighted by atomic mass is 9.98. The SMILES string of the molecule is O=C(O)C(Cl)CCc1ccc(C2=CCCCCC2)cc1. The topological polar surface area (TPSA) is 37.3 Å². The van der Waals surface area contributed by atoms with Crippen LogP contribution in [0.4, 0.5) is 0 Å². The first kappa shape index (κ1) is 15.1. The smallest absolute Gasteiger partial charge is 0.321 e. The first-order chi connectivity index (χ1) is 9.66. The molecule has 0 aliphatic heterocycles. The zero-order valence-corrected chi connectivity index (χ0v) is 12.4. The monoisotopic (exact) mass is 292 g/mol. The Hall–Kier alpha value is -1.28. The molecule has 1 N–H and O–H groups in total. The van der Waals surface area contributed by atoms with E-state index in [1.165, 1.54) is 43.2 Å². The van der Waals surface area contributed by atoms with Crippen LogP contribution in [0.3, 0.4) is 0 Å². The van der Waals surface area contributed by atoms with E-state index in [4.69, 9.17) is 16.7 Å². The highest BCUT2D eigenvalue weighted by Gasteiger charge is 2.13. The Morgan fingerprint density at radius 2 is 1.95 bits per heavy atom. The summed E-state index contributed by atoms with van der Waals surface area (Å²) in [5.74, 6) is -0.938. The van der Waals surface area contributed by atoms with E-state index < -0.39 is 11.3 Å². The van der Waals surface area contributed by atoms with E-state index in [1.54, 1.807) is 0 Å². The molecule has 0 saturated carbocycles. The lowest BCUT2D eigenvalue weighted by Gasteiger charge is -2.08. The maximum atomic E-state index is 10.7. The molecule has 2 rings (SSSR count). The highest BCUT2D eigenvalue weighted by Crippen LogP contribution is 2.26. The maximum absolute atomic E-state index is 10.7. The molecule has 0 bridgehead atoms. The number of carbonyl (C=O) groups is 1. The molecule has 0 radical (unpaired) electrons. The Bertz CT molecular complexity index is 476. The number of aliphatic carboxylic acids is 1. The van der Waals surface area contributed by atoms with Crippen LogP contribution in [0, 0.1) is 0 Å². The average molecular weight is 293 g/mol. The van der Waals surface area contributed by atoms with Crippen LogP contribution >= 0.6 is 11.6 Å². The van der Waals surface area contributed by atoms with Gasteiger partial charge in [-0.15, -0.1) is 11.6 Å². The molecule has 108 valence electrons. The molecule has 20 heavy (non-hydrogen) atoms. The van der Waals surface area contributed by atoms with Gasteiger partial charge in [-0.05, 0) is 55.2 Å². The molecule has 0 fully saturated rings. The highest BCUT2D eigenvalue weighted by molar-refractivity contribution is 6.29. The van der Waals surface area contributed by atoms with Crippen LogP contribution < -0.4 is 0 Å². The minimum absolute atomic E-state index is 0.471. The largest absolute Gasteiger partial charge is 0.480 e. The molecule has 0 spiro atoms. The fourth-order valence-electron chi connectivity index (χ4n) is 2.58. The van der Waals surface area contributed by atoms with Crippen molar-refractivity contribution < 1.29 is 9.90 Å². The third kappa shape index (κ3) is 4.38. The highest BCUT2D eigenvalue weighted by atomic mass is 35.5. The van der Waals surface area contributed by atoms with Crippen LogP contribution in [0.25, 0.3) is 5.57 Å². The molecule has 0 heterocycles. The summed E-state index contributed by atoms with van der Waals surface area (Å²) in [6, 6.07) is 8.48. The van der Waals surface area contributed by atoms with Crippen molar-refractivity contribution in [3.05, 3.63) is 41.5 Å². The number of hydrogen-bond donors (Lipinski definition) is 1. The molecule has 1 aromatic rings. The van der Waals surface area contributed by atoms with E-state index >= 15 is 0 Å². The predicted octanol–water partition coefficient (Wildman–Crippen LogP) is 4.66. The molecule has 2 nitrogen and oxygen atoms in total. The number of hydrogen-bond acceptors (Lipinski definition) is 1. The summed E-state index contributed by atoms with van der Waals surface area (Å²) in [5, 5.41) is 7.97. The van der Waals surface area contributed by atoms with E-state index in [0.717, 1.165) is 5.56 Å². The lowest BCUT2D eigenvalue weighted by Crippen LogP contribution is -2.13. The van der Waals surface area contributed by atoms with Crippen molar-refractivity contribution in [2.75, 3.05) is 0 Å². The van der Waals surface area contributed by atoms with Crippen LogP contribution in [0.2, 0.25) is 0 Å². The standard InChI is InChI=1S/C17H21ClO2/c18-16(17(19)20)12-9-13-7-10-15(11-8-13)14-5-3-1-2-4-6-14/h5,7-8,10-11,16H,1-4,6,9,12H2,(H,19,20). The van der Waals surface area contributed by atoms with Crippen molar-refractivity contribution in [2.45, 2.75) is 50.3 Å². The number of benzene rings is 1. The fraction of sp³-hybridized carbons (Fsp3) is 0.471. The fourth-order valence-corrected chi connectivity index (χ4v) is 2.69. The van der Waals surface area contributed by atoms with Crippen LogP contribution in [-0.2, 0) is 11.2 Å². The second-order valence-corrected chi connectivity index (χ2v) is 5.90. The summed E-state index contributed by atoms with van der Waals surface area (Å²) in [5.41, 5.74) is 3.90. The van der Waals surface area contributed by atoms with Crippen LogP contribution in [0.1, 0.15) is 49.7 Å². The maximum Gasteiger partial charge on any atom is 0.321 e. The second kappa shape index (κ2) is 7.49. The van der Waals surface area contributed by atoms with Gasteiger partial charge in [-0.25, -0.2) is 0 Å². The Balaban J connectivity index is 1.95. The predicted molar refractivity (Wildman–Crippen MR) is 83.1 cm³/mol. The molecule has 1 unspecified atom stereocenters. The molecule has 1 aliphatic carbocycles. The number of rotatable bonds is 5. The van der Waals surface area contributed by atoms with E-state index in [2.05, 4.69) is 30.3 Å². The Morgan fingerprint density at radius 1 is 1.20 bits per heavy atom. The average Bonchev–Trinajstić information content (AvgIpc) is 2.74. The van der Waals surface area contributed by atoms with Gasteiger partial charge in [0.05, 0.1) is 0 Å². The molecule has 1 aromatic carbocycles. The molecule has 0 amide bonds. The first-order valence-corrected chi connectivity index (χ1v) is 7.75. The van der Waals surface area contributed by atoms with Crippen LogP contribution in [0.5, 0.6) is 0 Å². The quantitative estimate of drug-likeness (QED) is 0.802. The third-order valence-electron chi connectivity index (χ3n) is 3.82. The van der Waals surface area contributed by atoms with Gasteiger partial charge in [-0.3, -0.25) is 4.79 Å². The van der Waals surface area contributed by atoms with E-state index in [9.17, 15) is 4.79 Å². The van der Waals surface area contributed by atoms with Crippen molar-refractivity contribution in [3.63, 3.8) is 0 Å². The Labute approximate surface area is 125 Å². The Kier molecular flexibility index (Phi) is 5.66. The van der Waals surface area contributed by atoms with Gasteiger partial charge in [0.15, 0.2) is 0 Å². The van der Waals surface area contributed by atoms with E-state index in [0.29, 0.717) is 12.8 Å². The number of alkyl halides is 1. The van der Waals surface area contributed by atoms with Crippen molar-refractivity contribution in [2.24, 2.45) is 0 Å². The molecule has 3 heteroatoms. The third-order valence-corrected chi connectivity index (χ3v) is 4.23. The van der Waals surface area contributed by atoms with E-state index in [-0.39, 0.29) is 0 Å². The van der Waals surface area contributed by atoms with Gasteiger partial charge in [0.2, 0.25) is 0 Å². The zero-order chi connectivity index (χ0) is 14.4. The number of halogens is 1. The van der Waals surface area contributed by atoms with Crippen molar-refractivity contribution in [1.82, 2.24) is 0 Å². The molecular weight excluding hydrogens is 272 g/mol. The van der Waals surface area contributed by atoms with Crippen LogP contribution in [-0.4, -0.2) is 16.5 Å². The van der Waals surface area contributed by atoms with Crippen molar-refractivity contribution in [3.8, 4) is 0 Å². The van der Waals surface area contributed by atoms with Gasteiger partial charge in [-0.2, -0.15) is 0 Å². The zero-order valence-electron chi connectivity index (χ0n) is 11.6. The molecular formula is C17H21ClO2. The number of aryl methyl sites for hydroxylation is 1.